The van der Waals surface area contributed by atoms with Crippen molar-refractivity contribution in [3.8, 4) is 0 Å². The van der Waals surface area contributed by atoms with Crippen molar-refractivity contribution < 1.29 is 19.8 Å². The number of carboxylic acids is 1. The molecule has 0 saturated heterocycles. The zero-order chi connectivity index (χ0) is 14.0. The summed E-state index contributed by atoms with van der Waals surface area (Å²) in [4.78, 5) is 24.3. The first-order valence-electron chi connectivity index (χ1n) is 6.45. The normalized spacial score (nSPS) is 11.9. The first-order valence-corrected chi connectivity index (χ1v) is 6.45. The fourth-order valence-electron chi connectivity index (χ4n) is 1.57. The Kier molecular flexibility index (Phi) is 9.00. The summed E-state index contributed by atoms with van der Waals surface area (Å²) in [5, 5.41) is 20.2. The maximum atomic E-state index is 11.8. The molecule has 2 amide bonds. The Morgan fingerprint density at radius 2 is 1.94 bits per heavy atom. The van der Waals surface area contributed by atoms with Gasteiger partial charge in [0.1, 0.15) is 6.04 Å². The first-order chi connectivity index (χ1) is 8.56. The lowest BCUT2D eigenvalue weighted by Crippen LogP contribution is -2.48. The van der Waals surface area contributed by atoms with Gasteiger partial charge < -0.3 is 20.4 Å². The van der Waals surface area contributed by atoms with Gasteiger partial charge in [0, 0.05) is 19.7 Å². The van der Waals surface area contributed by atoms with Gasteiger partial charge in [-0.1, -0.05) is 19.8 Å². The molecule has 0 rings (SSSR count). The zero-order valence-electron chi connectivity index (χ0n) is 11.2. The summed E-state index contributed by atoms with van der Waals surface area (Å²) < 4.78 is 0. The molecule has 0 aromatic carbocycles. The summed E-state index contributed by atoms with van der Waals surface area (Å²) in [6, 6.07) is -1.21. The number of carbonyl (C=O) groups excluding carboxylic acids is 1. The van der Waals surface area contributed by atoms with E-state index in [1.54, 1.807) is 0 Å². The molecule has 0 aromatic rings. The second kappa shape index (κ2) is 9.70. The van der Waals surface area contributed by atoms with Gasteiger partial charge in [0.25, 0.3) is 0 Å². The molecule has 6 nitrogen and oxygen atoms in total. The summed E-state index contributed by atoms with van der Waals surface area (Å²) in [7, 11) is 0. The molecule has 0 bridgehead atoms. The third-order valence-corrected chi connectivity index (χ3v) is 2.70. The molecule has 0 fully saturated rings. The Morgan fingerprint density at radius 3 is 2.39 bits per heavy atom. The smallest absolute Gasteiger partial charge is 0.326 e. The van der Waals surface area contributed by atoms with Crippen LogP contribution in [0.2, 0.25) is 0 Å². The summed E-state index contributed by atoms with van der Waals surface area (Å²) in [5.74, 6) is -1.00. The minimum absolute atomic E-state index is 0.0158. The van der Waals surface area contributed by atoms with Crippen LogP contribution in [-0.2, 0) is 4.79 Å². The first kappa shape index (κ1) is 16.7. The van der Waals surface area contributed by atoms with Crippen LogP contribution in [0.25, 0.3) is 0 Å². The predicted molar refractivity (Wildman–Crippen MR) is 68.4 cm³/mol. The van der Waals surface area contributed by atoms with Crippen LogP contribution in [0.15, 0.2) is 0 Å². The van der Waals surface area contributed by atoms with E-state index in [1.165, 1.54) is 4.90 Å². The molecule has 6 heteroatoms. The van der Waals surface area contributed by atoms with E-state index in [-0.39, 0.29) is 12.6 Å². The molecule has 0 aliphatic heterocycles. The molecule has 0 spiro atoms. The molecular formula is C12H24N2O4. The van der Waals surface area contributed by atoms with Crippen LogP contribution in [-0.4, -0.2) is 52.9 Å². The number of nitrogens with zero attached hydrogens (tertiary/aromatic N) is 1. The summed E-state index contributed by atoms with van der Waals surface area (Å²) in [5.41, 5.74) is 0. The average Bonchev–Trinajstić information content (AvgIpc) is 2.34. The Morgan fingerprint density at radius 1 is 1.28 bits per heavy atom. The van der Waals surface area contributed by atoms with Crippen molar-refractivity contribution >= 4 is 12.0 Å². The van der Waals surface area contributed by atoms with Crippen molar-refractivity contribution in [1.29, 1.82) is 0 Å². The average molecular weight is 260 g/mol. The van der Waals surface area contributed by atoms with E-state index in [1.807, 2.05) is 13.8 Å². The molecule has 106 valence electrons. The predicted octanol–water partition coefficient (Wildman–Crippen LogP) is 1.04. The highest BCUT2D eigenvalue weighted by molar-refractivity contribution is 5.82. The van der Waals surface area contributed by atoms with Crippen molar-refractivity contribution in [3.63, 3.8) is 0 Å². The number of hydrogen-bond donors (Lipinski definition) is 3. The van der Waals surface area contributed by atoms with Gasteiger partial charge in [0.15, 0.2) is 0 Å². The van der Waals surface area contributed by atoms with Gasteiger partial charge in [-0.25, -0.2) is 9.59 Å². The van der Waals surface area contributed by atoms with E-state index in [2.05, 4.69) is 5.32 Å². The van der Waals surface area contributed by atoms with Gasteiger partial charge in [-0.3, -0.25) is 0 Å². The van der Waals surface area contributed by atoms with E-state index >= 15 is 0 Å². The molecule has 1 atom stereocenters. The number of nitrogens with one attached hydrogen (secondary N) is 1. The molecule has 3 N–H and O–H groups in total. The van der Waals surface area contributed by atoms with Gasteiger partial charge in [-0.15, -0.1) is 0 Å². The lowest BCUT2D eigenvalue weighted by molar-refractivity contribution is -0.139. The number of carboxylic acid groups (broad SMARTS) is 1. The Balaban J connectivity index is 4.32. The van der Waals surface area contributed by atoms with Crippen LogP contribution < -0.4 is 5.32 Å². The third-order valence-electron chi connectivity index (χ3n) is 2.70. The topological polar surface area (TPSA) is 89.9 Å². The fourth-order valence-corrected chi connectivity index (χ4v) is 1.57. The second-order valence-electron chi connectivity index (χ2n) is 4.14. The summed E-state index contributed by atoms with van der Waals surface area (Å²) in [6.45, 7) is 4.73. The van der Waals surface area contributed by atoms with E-state index in [0.717, 1.165) is 12.8 Å². The van der Waals surface area contributed by atoms with Gasteiger partial charge >= 0.3 is 12.0 Å². The van der Waals surface area contributed by atoms with Crippen molar-refractivity contribution in [2.45, 2.75) is 45.6 Å². The van der Waals surface area contributed by atoms with Crippen molar-refractivity contribution in [2.24, 2.45) is 0 Å². The van der Waals surface area contributed by atoms with Gasteiger partial charge in [-0.05, 0) is 19.8 Å². The third kappa shape index (κ3) is 6.44. The molecule has 18 heavy (non-hydrogen) atoms. The molecular weight excluding hydrogens is 236 g/mol. The molecule has 1 unspecified atom stereocenters. The van der Waals surface area contributed by atoms with Gasteiger partial charge in [0.05, 0.1) is 0 Å². The van der Waals surface area contributed by atoms with Crippen LogP contribution in [0.3, 0.4) is 0 Å². The number of aliphatic hydroxyl groups is 1. The van der Waals surface area contributed by atoms with E-state index in [9.17, 15) is 9.59 Å². The summed E-state index contributed by atoms with van der Waals surface area (Å²) >= 11 is 0. The maximum Gasteiger partial charge on any atom is 0.326 e. The van der Waals surface area contributed by atoms with E-state index in [4.69, 9.17) is 10.2 Å². The number of aliphatic carboxylic acids is 1. The fraction of sp³-hybridized carbons (Fsp3) is 0.833. The number of carbonyl (C=O) groups is 2. The molecule has 0 aliphatic rings. The van der Waals surface area contributed by atoms with Crippen LogP contribution in [0, 0.1) is 0 Å². The summed E-state index contributed by atoms with van der Waals surface area (Å²) in [6.07, 6.45) is 2.59. The largest absolute Gasteiger partial charge is 0.480 e. The molecule has 0 aliphatic carbocycles. The highest BCUT2D eigenvalue weighted by atomic mass is 16.4. The minimum Gasteiger partial charge on any atom is -0.480 e. The zero-order valence-corrected chi connectivity index (χ0v) is 11.2. The van der Waals surface area contributed by atoms with Crippen molar-refractivity contribution in [2.75, 3.05) is 19.7 Å². The van der Waals surface area contributed by atoms with E-state index < -0.39 is 12.0 Å². The highest BCUT2D eigenvalue weighted by Crippen LogP contribution is 2.02. The Bertz CT molecular complexity index is 258. The molecule has 0 aromatic heterocycles. The van der Waals surface area contributed by atoms with Gasteiger partial charge in [0.2, 0.25) is 0 Å². The lowest BCUT2D eigenvalue weighted by atomic mass is 10.1. The van der Waals surface area contributed by atoms with Crippen LogP contribution in [0.5, 0.6) is 0 Å². The number of amides is 2. The monoisotopic (exact) mass is 260 g/mol. The number of rotatable bonds is 9. The molecule has 0 heterocycles. The Hall–Kier alpha value is -1.30. The number of hydrogen-bond acceptors (Lipinski definition) is 3. The standard InChI is InChI=1S/C12H24N2O4/c1-3-5-7-10(11(16)17)13-12(18)14(4-2)8-6-9-15/h10,15H,3-9H2,1-2H3,(H,13,18)(H,16,17). The van der Waals surface area contributed by atoms with Crippen LogP contribution >= 0.6 is 0 Å². The molecule has 0 saturated carbocycles. The minimum atomic E-state index is -1.00. The van der Waals surface area contributed by atoms with Crippen LogP contribution in [0.1, 0.15) is 39.5 Å². The quantitative estimate of drug-likeness (QED) is 0.578. The second-order valence-corrected chi connectivity index (χ2v) is 4.14. The van der Waals surface area contributed by atoms with Crippen molar-refractivity contribution in [3.05, 3.63) is 0 Å². The molecule has 0 radical (unpaired) electrons. The maximum absolute atomic E-state index is 11.8. The van der Waals surface area contributed by atoms with Crippen molar-refractivity contribution in [1.82, 2.24) is 10.2 Å². The number of urea groups is 1. The number of aliphatic hydroxyl groups excluding tert-OH is 1. The Labute approximate surface area is 108 Å². The highest BCUT2D eigenvalue weighted by Gasteiger charge is 2.21. The van der Waals surface area contributed by atoms with Gasteiger partial charge in [-0.2, -0.15) is 0 Å². The SMILES string of the molecule is CCCCC(NC(=O)N(CC)CCCO)C(=O)O. The van der Waals surface area contributed by atoms with Crippen LogP contribution in [0.4, 0.5) is 4.79 Å². The lowest BCUT2D eigenvalue weighted by Gasteiger charge is -2.23. The van der Waals surface area contributed by atoms with E-state index in [0.29, 0.717) is 25.9 Å². The number of unbranched alkanes of at least 4 members (excludes halogenated alkanes) is 1.